The summed E-state index contributed by atoms with van der Waals surface area (Å²) < 4.78 is 5.11. The number of hydrogen-bond acceptors (Lipinski definition) is 2. The van der Waals surface area contributed by atoms with E-state index in [9.17, 15) is 0 Å². The lowest BCUT2D eigenvalue weighted by Crippen LogP contribution is -1.93. The number of aliphatic imine (C=N–C) groups is 1. The van der Waals surface area contributed by atoms with Crippen LogP contribution in [-0.2, 0) is 6.42 Å². The molecule has 0 saturated carbocycles. The SMILES string of the molecule is COc1ccc2c(c1)N=CCC2. The standard InChI is InChI=1S/C10H11NO/c1-12-9-5-4-8-3-2-6-11-10(8)7-9/h4-7H,2-3H2,1H3. The fourth-order valence-corrected chi connectivity index (χ4v) is 1.39. The zero-order chi connectivity index (χ0) is 8.39. The fourth-order valence-electron chi connectivity index (χ4n) is 1.39. The number of aryl methyl sites for hydroxylation is 1. The lowest BCUT2D eigenvalue weighted by Gasteiger charge is -2.10. The van der Waals surface area contributed by atoms with Crippen LogP contribution in [0.5, 0.6) is 5.75 Å². The number of rotatable bonds is 1. The van der Waals surface area contributed by atoms with Gasteiger partial charge in [0.25, 0.3) is 0 Å². The monoisotopic (exact) mass is 161 g/mol. The maximum Gasteiger partial charge on any atom is 0.121 e. The van der Waals surface area contributed by atoms with Crippen LogP contribution in [0.2, 0.25) is 0 Å². The van der Waals surface area contributed by atoms with Crippen molar-refractivity contribution in [2.45, 2.75) is 12.8 Å². The molecule has 0 atom stereocenters. The van der Waals surface area contributed by atoms with E-state index in [2.05, 4.69) is 11.1 Å². The molecule has 0 aromatic heterocycles. The summed E-state index contributed by atoms with van der Waals surface area (Å²) in [7, 11) is 1.67. The first-order valence-corrected chi connectivity index (χ1v) is 4.09. The van der Waals surface area contributed by atoms with Crippen molar-refractivity contribution in [3.8, 4) is 5.75 Å². The van der Waals surface area contributed by atoms with Gasteiger partial charge in [0, 0.05) is 12.3 Å². The van der Waals surface area contributed by atoms with E-state index in [0.29, 0.717) is 0 Å². The zero-order valence-corrected chi connectivity index (χ0v) is 7.08. The summed E-state index contributed by atoms with van der Waals surface area (Å²) in [6.07, 6.45) is 4.12. The van der Waals surface area contributed by atoms with E-state index in [-0.39, 0.29) is 0 Å². The maximum atomic E-state index is 5.11. The third-order valence-electron chi connectivity index (χ3n) is 2.07. The molecule has 12 heavy (non-hydrogen) atoms. The molecule has 1 heterocycles. The van der Waals surface area contributed by atoms with Crippen molar-refractivity contribution in [3.63, 3.8) is 0 Å². The predicted molar refractivity (Wildman–Crippen MR) is 49.5 cm³/mol. The molecule has 1 aliphatic heterocycles. The van der Waals surface area contributed by atoms with Gasteiger partial charge >= 0.3 is 0 Å². The molecule has 0 fully saturated rings. The number of nitrogens with zero attached hydrogens (tertiary/aromatic N) is 1. The van der Waals surface area contributed by atoms with Gasteiger partial charge in [-0.1, -0.05) is 6.07 Å². The Morgan fingerprint density at radius 1 is 1.42 bits per heavy atom. The molecule has 1 aromatic carbocycles. The summed E-state index contributed by atoms with van der Waals surface area (Å²) in [6.45, 7) is 0. The van der Waals surface area contributed by atoms with Gasteiger partial charge in [0.1, 0.15) is 5.75 Å². The van der Waals surface area contributed by atoms with E-state index in [4.69, 9.17) is 4.74 Å². The molecule has 1 aliphatic rings. The summed E-state index contributed by atoms with van der Waals surface area (Å²) in [5.41, 5.74) is 2.37. The minimum atomic E-state index is 0.882. The Morgan fingerprint density at radius 2 is 2.33 bits per heavy atom. The molecule has 1 aromatic rings. The minimum Gasteiger partial charge on any atom is -0.497 e. The second kappa shape index (κ2) is 2.97. The van der Waals surface area contributed by atoms with Gasteiger partial charge in [-0.25, -0.2) is 0 Å². The molecule has 0 unspecified atom stereocenters. The molecule has 0 amide bonds. The van der Waals surface area contributed by atoms with E-state index in [0.717, 1.165) is 24.3 Å². The highest BCUT2D eigenvalue weighted by Gasteiger charge is 2.05. The first-order valence-electron chi connectivity index (χ1n) is 4.09. The predicted octanol–water partition coefficient (Wildman–Crippen LogP) is 2.34. The summed E-state index contributed by atoms with van der Waals surface area (Å²) in [5, 5.41) is 0. The number of benzene rings is 1. The van der Waals surface area contributed by atoms with Crippen LogP contribution in [-0.4, -0.2) is 13.3 Å². The van der Waals surface area contributed by atoms with Gasteiger partial charge in [-0.15, -0.1) is 0 Å². The molecular weight excluding hydrogens is 150 g/mol. The topological polar surface area (TPSA) is 21.6 Å². The van der Waals surface area contributed by atoms with Crippen LogP contribution < -0.4 is 4.74 Å². The van der Waals surface area contributed by atoms with Crippen molar-refractivity contribution >= 4 is 11.9 Å². The van der Waals surface area contributed by atoms with E-state index < -0.39 is 0 Å². The first-order chi connectivity index (χ1) is 5.90. The van der Waals surface area contributed by atoms with Crippen molar-refractivity contribution < 1.29 is 4.74 Å². The van der Waals surface area contributed by atoms with Gasteiger partial charge < -0.3 is 4.74 Å². The molecule has 0 saturated heterocycles. The van der Waals surface area contributed by atoms with Crippen LogP contribution in [0.3, 0.4) is 0 Å². The molecule has 2 rings (SSSR count). The Balaban J connectivity index is 2.44. The minimum absolute atomic E-state index is 0.882. The highest BCUT2D eigenvalue weighted by atomic mass is 16.5. The second-order valence-corrected chi connectivity index (χ2v) is 2.84. The van der Waals surface area contributed by atoms with Crippen LogP contribution in [0.25, 0.3) is 0 Å². The van der Waals surface area contributed by atoms with Crippen molar-refractivity contribution in [2.24, 2.45) is 4.99 Å². The zero-order valence-electron chi connectivity index (χ0n) is 7.08. The maximum absolute atomic E-state index is 5.11. The van der Waals surface area contributed by atoms with Crippen LogP contribution >= 0.6 is 0 Å². The summed E-state index contributed by atoms with van der Waals surface area (Å²) >= 11 is 0. The highest BCUT2D eigenvalue weighted by molar-refractivity contribution is 5.69. The van der Waals surface area contributed by atoms with E-state index in [1.54, 1.807) is 7.11 Å². The number of fused-ring (bicyclic) bond motifs is 1. The molecule has 0 spiro atoms. The molecule has 0 bridgehead atoms. The van der Waals surface area contributed by atoms with Gasteiger partial charge in [0.2, 0.25) is 0 Å². The smallest absolute Gasteiger partial charge is 0.121 e. The van der Waals surface area contributed by atoms with Crippen molar-refractivity contribution in [1.29, 1.82) is 0 Å². The quantitative estimate of drug-likeness (QED) is 0.619. The fraction of sp³-hybridized carbons (Fsp3) is 0.300. The summed E-state index contributed by atoms with van der Waals surface area (Å²) in [4.78, 5) is 4.30. The van der Waals surface area contributed by atoms with E-state index in [1.807, 2.05) is 18.3 Å². The van der Waals surface area contributed by atoms with Gasteiger partial charge in [-0.2, -0.15) is 0 Å². The summed E-state index contributed by atoms with van der Waals surface area (Å²) in [6, 6.07) is 6.05. The molecule has 0 aliphatic carbocycles. The van der Waals surface area contributed by atoms with E-state index >= 15 is 0 Å². The highest BCUT2D eigenvalue weighted by Crippen LogP contribution is 2.27. The summed E-state index contributed by atoms with van der Waals surface area (Å²) in [5.74, 6) is 0.882. The second-order valence-electron chi connectivity index (χ2n) is 2.84. The van der Waals surface area contributed by atoms with Crippen LogP contribution in [0.1, 0.15) is 12.0 Å². The molecule has 0 N–H and O–H groups in total. The molecule has 62 valence electrons. The third kappa shape index (κ3) is 1.20. The lowest BCUT2D eigenvalue weighted by molar-refractivity contribution is 0.415. The van der Waals surface area contributed by atoms with Gasteiger partial charge in [0.05, 0.1) is 12.8 Å². The largest absolute Gasteiger partial charge is 0.497 e. The average molecular weight is 161 g/mol. The van der Waals surface area contributed by atoms with Gasteiger partial charge in [-0.3, -0.25) is 4.99 Å². The average Bonchev–Trinajstić information content (AvgIpc) is 2.17. The molecular formula is C10H11NO. The van der Waals surface area contributed by atoms with E-state index in [1.165, 1.54) is 5.56 Å². The van der Waals surface area contributed by atoms with Crippen LogP contribution in [0, 0.1) is 0 Å². The number of hydrogen-bond donors (Lipinski definition) is 0. The van der Waals surface area contributed by atoms with Crippen LogP contribution in [0.15, 0.2) is 23.2 Å². The Bertz CT molecular complexity index is 318. The van der Waals surface area contributed by atoms with Gasteiger partial charge in [-0.05, 0) is 24.5 Å². The van der Waals surface area contributed by atoms with Crippen molar-refractivity contribution in [3.05, 3.63) is 23.8 Å². The molecule has 2 nitrogen and oxygen atoms in total. The number of methoxy groups -OCH3 is 1. The van der Waals surface area contributed by atoms with Gasteiger partial charge in [0.15, 0.2) is 0 Å². The Hall–Kier alpha value is -1.31. The molecule has 0 radical (unpaired) electrons. The van der Waals surface area contributed by atoms with Crippen LogP contribution in [0.4, 0.5) is 5.69 Å². The Labute approximate surface area is 71.9 Å². The Morgan fingerprint density at radius 3 is 3.17 bits per heavy atom. The molecule has 2 heteroatoms. The normalized spacial score (nSPS) is 14.1. The van der Waals surface area contributed by atoms with Crippen molar-refractivity contribution in [1.82, 2.24) is 0 Å². The lowest BCUT2D eigenvalue weighted by atomic mass is 10.1. The first kappa shape index (κ1) is 7.35. The van der Waals surface area contributed by atoms with Crippen molar-refractivity contribution in [2.75, 3.05) is 7.11 Å². The number of ether oxygens (including phenoxy) is 1. The third-order valence-corrected chi connectivity index (χ3v) is 2.07. The Kier molecular flexibility index (Phi) is 1.82.